The summed E-state index contributed by atoms with van der Waals surface area (Å²) < 4.78 is 0. The molecule has 0 heterocycles. The lowest BCUT2D eigenvalue weighted by Crippen LogP contribution is -2.47. The molecule has 0 aliphatic heterocycles. The summed E-state index contributed by atoms with van der Waals surface area (Å²) in [5.74, 6) is -0.211. The summed E-state index contributed by atoms with van der Waals surface area (Å²) in [6, 6.07) is 24.1. The zero-order chi connectivity index (χ0) is 23.6. The lowest BCUT2D eigenvalue weighted by molar-refractivity contribution is -0.128. The van der Waals surface area contributed by atoms with Crippen LogP contribution in [0.5, 0.6) is 0 Å². The summed E-state index contributed by atoms with van der Waals surface area (Å²) in [5.41, 5.74) is 2.27. The molecule has 166 valence electrons. The highest BCUT2D eigenvalue weighted by atomic mass is 32.2. The van der Waals surface area contributed by atoms with Gasteiger partial charge in [0.25, 0.3) is 11.8 Å². The number of nitrogens with zero attached hydrogens (tertiary/aromatic N) is 2. The number of hydrogen-bond donors (Lipinski definition) is 1. The van der Waals surface area contributed by atoms with E-state index < -0.39 is 17.9 Å². The second kappa shape index (κ2) is 11.7. The predicted octanol–water partition coefficient (Wildman–Crippen LogP) is 3.89. The molecule has 0 saturated carbocycles. The topological polar surface area (TPSA) is 90.3 Å². The number of ketones is 1. The molecule has 3 aromatic rings. The van der Waals surface area contributed by atoms with E-state index in [9.17, 15) is 14.4 Å². The molecular weight excluding hydrogens is 434 g/mol. The Morgan fingerprint density at radius 2 is 1.52 bits per heavy atom. The van der Waals surface area contributed by atoms with Crippen LogP contribution in [0.1, 0.15) is 31.8 Å². The van der Waals surface area contributed by atoms with Gasteiger partial charge in [-0.15, -0.1) is 0 Å². The molecule has 7 heteroatoms. The first-order valence-electron chi connectivity index (χ1n) is 10.3. The molecule has 0 aromatic heterocycles. The Morgan fingerprint density at radius 3 is 2.18 bits per heavy atom. The van der Waals surface area contributed by atoms with Crippen LogP contribution in [0, 0.1) is 11.5 Å². The fourth-order valence-electron chi connectivity index (χ4n) is 3.13. The number of likely N-dealkylation sites (N-methyl/N-ethyl adjacent to an activating group) is 1. The fourth-order valence-corrected chi connectivity index (χ4v) is 4.13. The van der Waals surface area contributed by atoms with Crippen molar-refractivity contribution in [1.82, 2.24) is 10.2 Å². The Labute approximate surface area is 197 Å². The molecule has 0 aliphatic rings. The van der Waals surface area contributed by atoms with Crippen LogP contribution in [0.15, 0.2) is 84.9 Å². The molecule has 33 heavy (non-hydrogen) atoms. The summed E-state index contributed by atoms with van der Waals surface area (Å²) >= 11 is 1.49. The minimum Gasteiger partial charge on any atom is -0.339 e. The summed E-state index contributed by atoms with van der Waals surface area (Å²) in [6.07, 6.45) is 1.79. The first-order chi connectivity index (χ1) is 16.0. The highest BCUT2D eigenvalue weighted by molar-refractivity contribution is 7.98. The van der Waals surface area contributed by atoms with Crippen LogP contribution in [-0.2, 0) is 10.5 Å². The standard InChI is InChI=1S/C26H23N3O3S/c1-29(18-27)26(32)23(17-33-16-19-9-4-2-5-10-19)28-25(31)22-14-8-13-21(15-22)24(30)20-11-6-3-7-12-20/h2-15,23H,16-17H2,1H3,(H,28,31)/t23-/m0/s1. The maximum Gasteiger partial charge on any atom is 0.258 e. The van der Waals surface area contributed by atoms with E-state index in [1.165, 1.54) is 24.9 Å². The minimum atomic E-state index is -0.885. The number of carbonyl (C=O) groups excluding carboxylic acids is 3. The molecule has 0 unspecified atom stereocenters. The summed E-state index contributed by atoms with van der Waals surface area (Å²) in [6.45, 7) is 0. The number of hydrogen-bond acceptors (Lipinski definition) is 5. The number of benzene rings is 3. The van der Waals surface area contributed by atoms with Gasteiger partial charge in [0.15, 0.2) is 12.0 Å². The molecule has 1 N–H and O–H groups in total. The van der Waals surface area contributed by atoms with Gasteiger partial charge in [-0.3, -0.25) is 19.3 Å². The largest absolute Gasteiger partial charge is 0.339 e. The van der Waals surface area contributed by atoms with Crippen molar-refractivity contribution >= 4 is 29.4 Å². The number of rotatable bonds is 9. The van der Waals surface area contributed by atoms with Crippen molar-refractivity contribution in [1.29, 1.82) is 5.26 Å². The van der Waals surface area contributed by atoms with Gasteiger partial charge >= 0.3 is 0 Å². The maximum absolute atomic E-state index is 12.9. The summed E-state index contributed by atoms with van der Waals surface area (Å²) in [4.78, 5) is 39.2. The molecule has 0 spiro atoms. The van der Waals surface area contributed by atoms with E-state index in [0.29, 0.717) is 22.6 Å². The molecule has 0 aliphatic carbocycles. The molecule has 0 saturated heterocycles. The first kappa shape index (κ1) is 23.8. The normalized spacial score (nSPS) is 11.2. The lowest BCUT2D eigenvalue weighted by atomic mass is 10.0. The van der Waals surface area contributed by atoms with Gasteiger partial charge in [0.1, 0.15) is 6.04 Å². The third kappa shape index (κ3) is 6.55. The summed E-state index contributed by atoms with van der Waals surface area (Å²) in [7, 11) is 1.36. The second-order valence-electron chi connectivity index (χ2n) is 7.30. The monoisotopic (exact) mass is 457 g/mol. The molecular formula is C26H23N3O3S. The van der Waals surface area contributed by atoms with E-state index in [0.717, 1.165) is 10.5 Å². The predicted molar refractivity (Wildman–Crippen MR) is 129 cm³/mol. The van der Waals surface area contributed by atoms with Crippen LogP contribution < -0.4 is 5.32 Å². The van der Waals surface area contributed by atoms with Gasteiger partial charge in [0.2, 0.25) is 0 Å². The average molecular weight is 458 g/mol. The maximum atomic E-state index is 12.9. The molecule has 1 atom stereocenters. The minimum absolute atomic E-state index is 0.194. The van der Waals surface area contributed by atoms with Crippen LogP contribution >= 0.6 is 11.8 Å². The van der Waals surface area contributed by atoms with E-state index in [1.54, 1.807) is 48.7 Å². The molecule has 0 fully saturated rings. The van der Waals surface area contributed by atoms with Crippen molar-refractivity contribution < 1.29 is 14.4 Å². The van der Waals surface area contributed by atoms with Crippen LogP contribution in [0.4, 0.5) is 0 Å². The second-order valence-corrected chi connectivity index (χ2v) is 8.33. The molecule has 3 aromatic carbocycles. The van der Waals surface area contributed by atoms with Gasteiger partial charge in [-0.05, 0) is 17.7 Å². The van der Waals surface area contributed by atoms with Crippen molar-refractivity contribution in [2.24, 2.45) is 0 Å². The van der Waals surface area contributed by atoms with Crippen LogP contribution in [0.25, 0.3) is 0 Å². The Balaban J connectivity index is 1.72. The van der Waals surface area contributed by atoms with Crippen molar-refractivity contribution in [2.75, 3.05) is 12.8 Å². The van der Waals surface area contributed by atoms with Crippen molar-refractivity contribution in [3.8, 4) is 6.19 Å². The number of nitrogens with one attached hydrogen (secondary N) is 1. The highest BCUT2D eigenvalue weighted by Gasteiger charge is 2.25. The average Bonchev–Trinajstić information content (AvgIpc) is 2.87. The van der Waals surface area contributed by atoms with Gasteiger partial charge in [-0.2, -0.15) is 17.0 Å². The van der Waals surface area contributed by atoms with Crippen LogP contribution in [0.3, 0.4) is 0 Å². The van der Waals surface area contributed by atoms with E-state index in [-0.39, 0.29) is 11.3 Å². The van der Waals surface area contributed by atoms with E-state index in [4.69, 9.17) is 5.26 Å². The third-order valence-electron chi connectivity index (χ3n) is 4.90. The lowest BCUT2D eigenvalue weighted by Gasteiger charge is -2.20. The molecule has 2 amide bonds. The number of amides is 2. The Bertz CT molecular complexity index is 1160. The van der Waals surface area contributed by atoms with Gasteiger partial charge in [-0.25, -0.2) is 0 Å². The van der Waals surface area contributed by atoms with Gasteiger partial charge in [-0.1, -0.05) is 72.8 Å². The molecule has 3 rings (SSSR count). The Kier molecular flexibility index (Phi) is 8.39. The van der Waals surface area contributed by atoms with Gasteiger partial charge in [0, 0.05) is 35.2 Å². The van der Waals surface area contributed by atoms with Crippen molar-refractivity contribution in [2.45, 2.75) is 11.8 Å². The highest BCUT2D eigenvalue weighted by Crippen LogP contribution is 2.15. The van der Waals surface area contributed by atoms with E-state index in [2.05, 4.69) is 5.32 Å². The van der Waals surface area contributed by atoms with Crippen molar-refractivity contribution in [3.63, 3.8) is 0 Å². The quantitative estimate of drug-likeness (QED) is 0.299. The summed E-state index contributed by atoms with van der Waals surface area (Å²) in [5, 5.41) is 11.8. The Morgan fingerprint density at radius 1 is 0.909 bits per heavy atom. The molecule has 6 nitrogen and oxygen atoms in total. The smallest absolute Gasteiger partial charge is 0.258 e. The Hall–Kier alpha value is -3.89. The van der Waals surface area contributed by atoms with Gasteiger partial charge in [0.05, 0.1) is 0 Å². The zero-order valence-electron chi connectivity index (χ0n) is 18.1. The molecule has 0 radical (unpaired) electrons. The zero-order valence-corrected chi connectivity index (χ0v) is 18.9. The molecule has 0 bridgehead atoms. The van der Waals surface area contributed by atoms with Crippen molar-refractivity contribution in [3.05, 3.63) is 107 Å². The first-order valence-corrected chi connectivity index (χ1v) is 11.4. The number of carbonyl (C=O) groups is 3. The van der Waals surface area contributed by atoms with E-state index in [1.807, 2.05) is 36.4 Å². The van der Waals surface area contributed by atoms with Crippen LogP contribution in [-0.4, -0.2) is 41.3 Å². The van der Waals surface area contributed by atoms with Gasteiger partial charge < -0.3 is 5.32 Å². The third-order valence-corrected chi connectivity index (χ3v) is 6.01. The number of thioether (sulfide) groups is 1. The van der Waals surface area contributed by atoms with E-state index >= 15 is 0 Å². The fraction of sp³-hybridized carbons (Fsp3) is 0.154. The SMILES string of the molecule is CN(C#N)C(=O)[C@H](CSCc1ccccc1)NC(=O)c1cccc(C(=O)c2ccccc2)c1. The van der Waals surface area contributed by atoms with Crippen LogP contribution in [0.2, 0.25) is 0 Å². The number of nitriles is 1.